The fourth-order valence-electron chi connectivity index (χ4n) is 1.82. The van der Waals surface area contributed by atoms with Crippen molar-refractivity contribution in [3.8, 4) is 23.2 Å². The summed E-state index contributed by atoms with van der Waals surface area (Å²) in [4.78, 5) is 3.95. The Kier molecular flexibility index (Phi) is 4.69. The molecule has 2 aromatic rings. The first-order chi connectivity index (χ1) is 10.8. The minimum atomic E-state index is -4.51. The molecule has 2 rings (SSSR count). The Balaban J connectivity index is 2.46. The van der Waals surface area contributed by atoms with Crippen LogP contribution in [0.1, 0.15) is 19.4 Å². The molecule has 0 saturated carbocycles. The van der Waals surface area contributed by atoms with E-state index in [1.807, 2.05) is 0 Å². The number of aromatic nitrogens is 3. The maximum Gasteiger partial charge on any atom is 0.416 e. The molecular formula is C15H13F3N4O. The fraction of sp³-hybridized carbons (Fsp3) is 0.267. The SMILES string of the molecule is CC(C)Oc1cc(-c2ncn(/C=C\C#N)n2)cc(C(F)(F)F)c1. The Labute approximate surface area is 130 Å². The third-order valence-electron chi connectivity index (χ3n) is 2.67. The summed E-state index contributed by atoms with van der Waals surface area (Å²) in [5.74, 6) is 0.195. The van der Waals surface area contributed by atoms with E-state index in [2.05, 4.69) is 10.1 Å². The van der Waals surface area contributed by atoms with Gasteiger partial charge in [-0.25, -0.2) is 9.67 Å². The monoisotopic (exact) mass is 322 g/mol. The van der Waals surface area contributed by atoms with E-state index in [1.54, 1.807) is 19.9 Å². The summed E-state index contributed by atoms with van der Waals surface area (Å²) in [6.45, 7) is 3.44. The molecule has 0 fully saturated rings. The summed E-state index contributed by atoms with van der Waals surface area (Å²) in [6, 6.07) is 5.13. The lowest BCUT2D eigenvalue weighted by atomic mass is 10.1. The topological polar surface area (TPSA) is 63.7 Å². The Morgan fingerprint density at radius 2 is 2.04 bits per heavy atom. The zero-order chi connectivity index (χ0) is 17.0. The maximum atomic E-state index is 13.0. The van der Waals surface area contributed by atoms with Crippen LogP contribution < -0.4 is 4.74 Å². The molecule has 5 nitrogen and oxygen atoms in total. The molecule has 23 heavy (non-hydrogen) atoms. The number of hydrogen-bond acceptors (Lipinski definition) is 4. The second-order valence-corrected chi connectivity index (χ2v) is 4.90. The number of rotatable bonds is 4. The number of ether oxygens (including phenoxy) is 1. The molecular weight excluding hydrogens is 309 g/mol. The van der Waals surface area contributed by atoms with Crippen LogP contribution in [0.3, 0.4) is 0 Å². The lowest BCUT2D eigenvalue weighted by Crippen LogP contribution is -2.09. The maximum absolute atomic E-state index is 13.0. The minimum Gasteiger partial charge on any atom is -0.491 e. The van der Waals surface area contributed by atoms with E-state index < -0.39 is 11.7 Å². The predicted molar refractivity (Wildman–Crippen MR) is 77.2 cm³/mol. The predicted octanol–water partition coefficient (Wildman–Crippen LogP) is 3.75. The fourth-order valence-corrected chi connectivity index (χ4v) is 1.82. The first kappa shape index (κ1) is 16.5. The zero-order valence-electron chi connectivity index (χ0n) is 12.4. The molecule has 0 unspecified atom stereocenters. The van der Waals surface area contributed by atoms with Crippen molar-refractivity contribution in [2.24, 2.45) is 0 Å². The molecule has 1 aromatic carbocycles. The summed E-state index contributed by atoms with van der Waals surface area (Å²) >= 11 is 0. The van der Waals surface area contributed by atoms with E-state index in [9.17, 15) is 13.2 Å². The normalized spacial score (nSPS) is 11.9. The van der Waals surface area contributed by atoms with Gasteiger partial charge in [-0.05, 0) is 32.0 Å². The third kappa shape index (κ3) is 4.32. The number of alkyl halides is 3. The summed E-state index contributed by atoms with van der Waals surface area (Å²) in [7, 11) is 0. The lowest BCUT2D eigenvalue weighted by Gasteiger charge is -2.14. The first-order valence-corrected chi connectivity index (χ1v) is 6.66. The van der Waals surface area contributed by atoms with Crippen LogP contribution in [0.25, 0.3) is 17.6 Å². The molecule has 0 saturated heterocycles. The number of nitrogens with zero attached hydrogens (tertiary/aromatic N) is 4. The molecule has 0 N–H and O–H groups in total. The van der Waals surface area contributed by atoms with E-state index in [0.717, 1.165) is 12.1 Å². The Bertz CT molecular complexity index is 757. The van der Waals surface area contributed by atoms with Crippen molar-refractivity contribution in [3.05, 3.63) is 36.2 Å². The average Bonchev–Trinajstić information content (AvgIpc) is 2.92. The van der Waals surface area contributed by atoms with Crippen molar-refractivity contribution >= 4 is 6.20 Å². The van der Waals surface area contributed by atoms with Crippen LogP contribution in [-0.4, -0.2) is 20.9 Å². The van der Waals surface area contributed by atoms with Crippen molar-refractivity contribution in [1.29, 1.82) is 5.26 Å². The van der Waals surface area contributed by atoms with Gasteiger partial charge in [0.2, 0.25) is 0 Å². The standard InChI is InChI=1S/C15H13F3N4O/c1-10(2)23-13-7-11(6-12(8-13)15(16,17)18)14-20-9-22(21-14)5-3-4-19/h3,5-10H,1-2H3/b5-3-. The van der Waals surface area contributed by atoms with Crippen LogP contribution in [0.2, 0.25) is 0 Å². The molecule has 0 amide bonds. The molecule has 120 valence electrons. The molecule has 0 radical (unpaired) electrons. The van der Waals surface area contributed by atoms with Crippen LogP contribution >= 0.6 is 0 Å². The van der Waals surface area contributed by atoms with Gasteiger partial charge in [-0.1, -0.05) is 0 Å². The van der Waals surface area contributed by atoms with E-state index in [1.165, 1.54) is 29.4 Å². The van der Waals surface area contributed by atoms with Gasteiger partial charge in [-0.15, -0.1) is 5.10 Å². The number of nitriles is 1. The molecule has 0 spiro atoms. The molecule has 8 heteroatoms. The number of benzene rings is 1. The summed E-state index contributed by atoms with van der Waals surface area (Å²) in [6.07, 6.45) is -0.954. The van der Waals surface area contributed by atoms with E-state index in [4.69, 9.17) is 10.00 Å². The van der Waals surface area contributed by atoms with Crippen molar-refractivity contribution in [2.75, 3.05) is 0 Å². The zero-order valence-corrected chi connectivity index (χ0v) is 12.4. The Morgan fingerprint density at radius 3 is 2.65 bits per heavy atom. The summed E-state index contributed by atoms with van der Waals surface area (Å²) in [5.41, 5.74) is -0.658. The Hall–Kier alpha value is -2.82. The average molecular weight is 322 g/mol. The van der Waals surface area contributed by atoms with Gasteiger partial charge in [0.15, 0.2) is 5.82 Å². The van der Waals surface area contributed by atoms with Crippen LogP contribution in [-0.2, 0) is 6.18 Å². The Morgan fingerprint density at radius 1 is 1.30 bits per heavy atom. The van der Waals surface area contributed by atoms with Gasteiger partial charge in [0.1, 0.15) is 12.1 Å². The summed E-state index contributed by atoms with van der Waals surface area (Å²) in [5, 5.41) is 12.5. The highest BCUT2D eigenvalue weighted by Crippen LogP contribution is 2.35. The molecule has 0 atom stereocenters. The molecule has 1 heterocycles. The van der Waals surface area contributed by atoms with Gasteiger partial charge >= 0.3 is 6.18 Å². The van der Waals surface area contributed by atoms with Gasteiger partial charge < -0.3 is 4.74 Å². The minimum absolute atomic E-state index is 0.0914. The van der Waals surface area contributed by atoms with E-state index in [-0.39, 0.29) is 23.2 Å². The molecule has 0 bridgehead atoms. The quantitative estimate of drug-likeness (QED) is 0.804. The molecule has 0 aliphatic rings. The van der Waals surface area contributed by atoms with E-state index in [0.29, 0.717) is 0 Å². The molecule has 0 aliphatic heterocycles. The lowest BCUT2D eigenvalue weighted by molar-refractivity contribution is -0.137. The van der Waals surface area contributed by atoms with Gasteiger partial charge in [-0.2, -0.15) is 18.4 Å². The van der Waals surface area contributed by atoms with Gasteiger partial charge in [0.25, 0.3) is 0 Å². The highest BCUT2D eigenvalue weighted by Gasteiger charge is 2.32. The number of halogens is 3. The second-order valence-electron chi connectivity index (χ2n) is 4.90. The van der Waals surface area contributed by atoms with Gasteiger partial charge in [0, 0.05) is 17.8 Å². The highest BCUT2D eigenvalue weighted by molar-refractivity contribution is 5.59. The second kappa shape index (κ2) is 6.52. The van der Waals surface area contributed by atoms with Crippen molar-refractivity contribution in [2.45, 2.75) is 26.1 Å². The largest absolute Gasteiger partial charge is 0.491 e. The third-order valence-corrected chi connectivity index (χ3v) is 2.67. The van der Waals surface area contributed by atoms with Crippen LogP contribution in [0.5, 0.6) is 5.75 Å². The number of allylic oxidation sites excluding steroid dienone is 1. The van der Waals surface area contributed by atoms with Crippen molar-refractivity contribution in [3.63, 3.8) is 0 Å². The molecule has 0 aliphatic carbocycles. The number of hydrogen-bond donors (Lipinski definition) is 0. The van der Waals surface area contributed by atoms with Crippen LogP contribution in [0.15, 0.2) is 30.6 Å². The smallest absolute Gasteiger partial charge is 0.416 e. The van der Waals surface area contributed by atoms with Gasteiger partial charge in [0.05, 0.1) is 17.7 Å². The summed E-state index contributed by atoms with van der Waals surface area (Å²) < 4.78 is 45.7. The van der Waals surface area contributed by atoms with E-state index >= 15 is 0 Å². The first-order valence-electron chi connectivity index (χ1n) is 6.66. The van der Waals surface area contributed by atoms with Crippen LogP contribution in [0.4, 0.5) is 13.2 Å². The van der Waals surface area contributed by atoms with Crippen LogP contribution in [0, 0.1) is 11.3 Å². The van der Waals surface area contributed by atoms with Crippen molar-refractivity contribution in [1.82, 2.24) is 14.8 Å². The molecule has 1 aromatic heterocycles. The van der Waals surface area contributed by atoms with Crippen molar-refractivity contribution < 1.29 is 17.9 Å². The highest BCUT2D eigenvalue weighted by atomic mass is 19.4. The van der Waals surface area contributed by atoms with Gasteiger partial charge in [-0.3, -0.25) is 0 Å².